The van der Waals surface area contributed by atoms with Crippen molar-refractivity contribution in [2.45, 2.75) is 25.3 Å². The van der Waals surface area contributed by atoms with Crippen LogP contribution in [0.1, 0.15) is 24.8 Å². The summed E-state index contributed by atoms with van der Waals surface area (Å²) in [5, 5.41) is 18.7. The number of amides is 1. The number of aliphatic hydroxyl groups is 1. The van der Waals surface area contributed by atoms with Gasteiger partial charge in [0.15, 0.2) is 0 Å². The van der Waals surface area contributed by atoms with Crippen molar-refractivity contribution in [3.8, 4) is 5.75 Å². The second-order valence-electron chi connectivity index (χ2n) is 5.34. The second kappa shape index (κ2) is 6.13. The molecule has 0 radical (unpaired) electrons. The van der Waals surface area contributed by atoms with Crippen LogP contribution in [-0.4, -0.2) is 47.5 Å². The molecule has 0 aromatic heterocycles. The van der Waals surface area contributed by atoms with E-state index < -0.39 is 6.09 Å². The van der Waals surface area contributed by atoms with Gasteiger partial charge in [-0.25, -0.2) is 4.79 Å². The van der Waals surface area contributed by atoms with Crippen LogP contribution in [0.2, 0.25) is 0 Å². The first kappa shape index (κ1) is 14.7. The molecule has 0 unspecified atom stereocenters. The summed E-state index contributed by atoms with van der Waals surface area (Å²) in [6, 6.07) is 7.75. The van der Waals surface area contributed by atoms with Gasteiger partial charge in [0.2, 0.25) is 0 Å². The van der Waals surface area contributed by atoms with Gasteiger partial charge >= 0.3 is 6.09 Å². The van der Waals surface area contributed by atoms with E-state index in [-0.39, 0.29) is 24.5 Å². The number of carboxylic acid groups (broad SMARTS) is 1. The van der Waals surface area contributed by atoms with Gasteiger partial charge in [-0.1, -0.05) is 12.1 Å². The number of carbonyl (C=O) groups is 1. The number of ether oxygens (including phenoxy) is 1. The maximum absolute atomic E-state index is 11.2. The zero-order valence-electron chi connectivity index (χ0n) is 11.8. The van der Waals surface area contributed by atoms with Gasteiger partial charge in [0.25, 0.3) is 0 Å². The smallest absolute Gasteiger partial charge is 0.407 e. The van der Waals surface area contributed by atoms with Crippen LogP contribution in [0.5, 0.6) is 5.75 Å². The molecule has 0 bridgehead atoms. The Labute approximate surface area is 118 Å². The van der Waals surface area contributed by atoms with Gasteiger partial charge in [0.1, 0.15) is 5.75 Å². The molecule has 1 aromatic rings. The second-order valence-corrected chi connectivity index (χ2v) is 5.34. The molecule has 20 heavy (non-hydrogen) atoms. The highest BCUT2D eigenvalue weighted by molar-refractivity contribution is 5.65. The Balaban J connectivity index is 2.19. The Morgan fingerprint density at radius 3 is 2.55 bits per heavy atom. The molecule has 1 saturated heterocycles. The van der Waals surface area contributed by atoms with E-state index in [0.717, 1.165) is 17.7 Å². The fourth-order valence-corrected chi connectivity index (χ4v) is 2.96. The number of nitrogens with zero attached hydrogens (tertiary/aromatic N) is 1. The van der Waals surface area contributed by atoms with Crippen LogP contribution in [0.4, 0.5) is 4.79 Å². The minimum Gasteiger partial charge on any atom is -0.497 e. The van der Waals surface area contributed by atoms with Gasteiger partial charge in [0, 0.05) is 25.1 Å². The van der Waals surface area contributed by atoms with E-state index in [9.17, 15) is 15.0 Å². The van der Waals surface area contributed by atoms with Crippen LogP contribution in [0.15, 0.2) is 24.3 Å². The van der Waals surface area contributed by atoms with Crippen molar-refractivity contribution in [3.63, 3.8) is 0 Å². The Bertz CT molecular complexity index is 459. The largest absolute Gasteiger partial charge is 0.497 e. The van der Waals surface area contributed by atoms with Crippen molar-refractivity contribution in [3.05, 3.63) is 29.8 Å². The lowest BCUT2D eigenvalue weighted by Crippen LogP contribution is -2.48. The van der Waals surface area contributed by atoms with E-state index in [4.69, 9.17) is 4.74 Å². The van der Waals surface area contributed by atoms with E-state index in [1.165, 1.54) is 4.90 Å². The zero-order valence-corrected chi connectivity index (χ0v) is 11.8. The summed E-state index contributed by atoms with van der Waals surface area (Å²) < 4.78 is 5.14. The molecule has 3 atom stereocenters. The van der Waals surface area contributed by atoms with E-state index in [2.05, 4.69) is 0 Å². The molecule has 1 fully saturated rings. The van der Waals surface area contributed by atoms with E-state index in [1.54, 1.807) is 7.11 Å². The van der Waals surface area contributed by atoms with Gasteiger partial charge in [-0.2, -0.15) is 0 Å². The summed E-state index contributed by atoms with van der Waals surface area (Å²) in [6.45, 7) is 2.29. The minimum atomic E-state index is -0.913. The third kappa shape index (κ3) is 2.88. The molecule has 2 N–H and O–H groups in total. The molecule has 1 aliphatic rings. The monoisotopic (exact) mass is 279 g/mol. The molecule has 1 heterocycles. The number of hydrogen-bond acceptors (Lipinski definition) is 3. The average Bonchev–Trinajstić information content (AvgIpc) is 2.46. The minimum absolute atomic E-state index is 0.00675. The summed E-state index contributed by atoms with van der Waals surface area (Å²) in [5.74, 6) is 0.914. The first-order valence-corrected chi connectivity index (χ1v) is 6.81. The lowest BCUT2D eigenvalue weighted by molar-refractivity contribution is 0.0617. The quantitative estimate of drug-likeness (QED) is 0.889. The molecule has 1 amide bonds. The molecule has 2 rings (SSSR count). The van der Waals surface area contributed by atoms with Gasteiger partial charge in [-0.05, 0) is 37.0 Å². The van der Waals surface area contributed by atoms with Crippen LogP contribution >= 0.6 is 0 Å². The molecular formula is C15H21NO4. The maximum atomic E-state index is 11.2. The van der Waals surface area contributed by atoms with Crippen molar-refractivity contribution in [2.24, 2.45) is 5.92 Å². The van der Waals surface area contributed by atoms with Gasteiger partial charge in [-0.3, -0.25) is 0 Å². The third-order valence-electron chi connectivity index (χ3n) is 4.15. The highest BCUT2D eigenvalue weighted by atomic mass is 16.5. The summed E-state index contributed by atoms with van der Waals surface area (Å²) in [6.07, 6.45) is -0.187. The highest BCUT2D eigenvalue weighted by Gasteiger charge is 2.36. The molecule has 1 aromatic carbocycles. The number of piperidine rings is 1. The van der Waals surface area contributed by atoms with Crippen LogP contribution < -0.4 is 4.74 Å². The maximum Gasteiger partial charge on any atom is 0.407 e. The SMILES string of the molecule is COc1ccc([C@@H]2C[C@@H](C)N(C(=O)O)C[C@H]2CO)cc1. The van der Waals surface area contributed by atoms with Crippen molar-refractivity contribution in [2.75, 3.05) is 20.3 Å². The summed E-state index contributed by atoms with van der Waals surface area (Å²) >= 11 is 0. The Morgan fingerprint density at radius 2 is 2.05 bits per heavy atom. The molecule has 1 aliphatic heterocycles. The van der Waals surface area contributed by atoms with Crippen molar-refractivity contribution in [1.29, 1.82) is 0 Å². The standard InChI is InChI=1S/C15H21NO4/c1-10-7-14(11-3-5-13(20-2)6-4-11)12(9-17)8-16(10)15(18)19/h3-6,10,12,14,17H,7-9H2,1-2H3,(H,18,19)/t10-,12+,14+/m1/s1. The molecule has 110 valence electrons. The first-order chi connectivity index (χ1) is 9.56. The van der Waals surface area contributed by atoms with Crippen LogP contribution in [-0.2, 0) is 0 Å². The normalized spacial score (nSPS) is 26.4. The van der Waals surface area contributed by atoms with Gasteiger partial charge < -0.3 is 19.8 Å². The molecular weight excluding hydrogens is 258 g/mol. The molecule has 0 aliphatic carbocycles. The number of benzene rings is 1. The van der Waals surface area contributed by atoms with Crippen molar-refractivity contribution in [1.82, 2.24) is 4.90 Å². The fourth-order valence-electron chi connectivity index (χ4n) is 2.96. The van der Waals surface area contributed by atoms with E-state index >= 15 is 0 Å². The summed E-state index contributed by atoms with van der Waals surface area (Å²) in [5.41, 5.74) is 1.13. The number of likely N-dealkylation sites (tertiary alicyclic amines) is 1. The number of methoxy groups -OCH3 is 1. The fraction of sp³-hybridized carbons (Fsp3) is 0.533. The topological polar surface area (TPSA) is 70.0 Å². The van der Waals surface area contributed by atoms with E-state index in [1.807, 2.05) is 31.2 Å². The Morgan fingerprint density at radius 1 is 1.40 bits per heavy atom. The molecule has 0 saturated carbocycles. The van der Waals surface area contributed by atoms with E-state index in [0.29, 0.717) is 6.54 Å². The summed E-state index contributed by atoms with van der Waals surface area (Å²) in [4.78, 5) is 12.6. The average molecular weight is 279 g/mol. The third-order valence-corrected chi connectivity index (χ3v) is 4.15. The molecule has 5 nitrogen and oxygen atoms in total. The predicted molar refractivity (Wildman–Crippen MR) is 75.1 cm³/mol. The molecule has 5 heteroatoms. The zero-order chi connectivity index (χ0) is 14.7. The summed E-state index contributed by atoms with van der Waals surface area (Å²) in [7, 11) is 1.62. The van der Waals surface area contributed by atoms with Gasteiger partial charge in [-0.15, -0.1) is 0 Å². The lowest BCUT2D eigenvalue weighted by atomic mass is 9.78. The Hall–Kier alpha value is -1.75. The predicted octanol–water partition coefficient (Wildman–Crippen LogP) is 2.16. The van der Waals surface area contributed by atoms with Gasteiger partial charge in [0.05, 0.1) is 7.11 Å². The first-order valence-electron chi connectivity index (χ1n) is 6.81. The van der Waals surface area contributed by atoms with Crippen LogP contribution in [0.25, 0.3) is 0 Å². The Kier molecular flexibility index (Phi) is 4.49. The molecule has 0 spiro atoms. The number of aliphatic hydroxyl groups excluding tert-OH is 1. The van der Waals surface area contributed by atoms with Crippen molar-refractivity contribution < 1.29 is 19.7 Å². The van der Waals surface area contributed by atoms with Crippen LogP contribution in [0, 0.1) is 5.92 Å². The number of rotatable bonds is 3. The van der Waals surface area contributed by atoms with Crippen LogP contribution in [0.3, 0.4) is 0 Å². The highest BCUT2D eigenvalue weighted by Crippen LogP contribution is 2.36. The number of hydrogen-bond donors (Lipinski definition) is 2. The van der Waals surface area contributed by atoms with Crippen molar-refractivity contribution >= 4 is 6.09 Å². The lowest BCUT2D eigenvalue weighted by Gasteiger charge is -2.41.